The number of halogens is 1. The van der Waals surface area contributed by atoms with Gasteiger partial charge in [-0.3, -0.25) is 0 Å². The molecule has 0 amide bonds. The first-order valence-corrected chi connectivity index (χ1v) is 4.43. The average Bonchev–Trinajstić information content (AvgIpc) is 2.75. The van der Waals surface area contributed by atoms with E-state index in [1.165, 1.54) is 0 Å². The van der Waals surface area contributed by atoms with Crippen molar-refractivity contribution in [1.82, 2.24) is 15.5 Å². The summed E-state index contributed by atoms with van der Waals surface area (Å²) in [7, 11) is 0. The maximum absolute atomic E-state index is 5.14. The second-order valence-corrected chi connectivity index (χ2v) is 3.09. The lowest BCUT2D eigenvalue weighted by Gasteiger charge is -1.98. The van der Waals surface area contributed by atoms with Crippen LogP contribution >= 0.6 is 12.4 Å². The van der Waals surface area contributed by atoms with E-state index in [4.69, 9.17) is 4.52 Å². The summed E-state index contributed by atoms with van der Waals surface area (Å²) >= 11 is 0. The third-order valence-corrected chi connectivity index (χ3v) is 2.21. The maximum atomic E-state index is 5.14. The third kappa shape index (κ3) is 2.19. The van der Waals surface area contributed by atoms with E-state index in [1.54, 1.807) is 0 Å². The molecule has 2 rings (SSSR count). The fraction of sp³-hybridized carbons (Fsp3) is 0.750. The molecule has 4 nitrogen and oxygen atoms in total. The number of aromatic nitrogens is 2. The van der Waals surface area contributed by atoms with E-state index >= 15 is 0 Å². The van der Waals surface area contributed by atoms with Gasteiger partial charge in [0.25, 0.3) is 0 Å². The molecule has 1 atom stereocenters. The van der Waals surface area contributed by atoms with Crippen molar-refractivity contribution in [2.24, 2.45) is 0 Å². The van der Waals surface area contributed by atoms with Gasteiger partial charge in [-0.25, -0.2) is 0 Å². The van der Waals surface area contributed by atoms with Crippen molar-refractivity contribution >= 4 is 12.4 Å². The van der Waals surface area contributed by atoms with Gasteiger partial charge in [-0.05, 0) is 13.0 Å². The molecule has 0 spiro atoms. The average molecular weight is 204 g/mol. The van der Waals surface area contributed by atoms with Crippen LogP contribution in [0.4, 0.5) is 0 Å². The van der Waals surface area contributed by atoms with Crippen molar-refractivity contribution in [1.29, 1.82) is 0 Å². The molecule has 1 saturated heterocycles. The summed E-state index contributed by atoms with van der Waals surface area (Å²) in [6.07, 6.45) is 1.97. The molecular weight excluding hydrogens is 190 g/mol. The molecule has 0 aromatic carbocycles. The Bertz CT molecular complexity index is 258. The largest absolute Gasteiger partial charge is 0.339 e. The summed E-state index contributed by atoms with van der Waals surface area (Å²) in [5.74, 6) is 2.06. The zero-order valence-electron chi connectivity index (χ0n) is 7.62. The van der Waals surface area contributed by atoms with Crippen LogP contribution in [0.3, 0.4) is 0 Å². The summed E-state index contributed by atoms with van der Waals surface area (Å²) in [4.78, 5) is 4.29. The van der Waals surface area contributed by atoms with Crippen molar-refractivity contribution in [2.75, 3.05) is 13.1 Å². The van der Waals surface area contributed by atoms with Crippen LogP contribution < -0.4 is 5.32 Å². The number of rotatable bonds is 2. The van der Waals surface area contributed by atoms with E-state index < -0.39 is 0 Å². The van der Waals surface area contributed by atoms with Crippen LogP contribution in [0.5, 0.6) is 0 Å². The van der Waals surface area contributed by atoms with E-state index in [0.29, 0.717) is 5.92 Å². The molecular formula is C8H14ClN3O. The first kappa shape index (κ1) is 10.5. The zero-order valence-corrected chi connectivity index (χ0v) is 8.43. The van der Waals surface area contributed by atoms with E-state index in [0.717, 1.165) is 37.6 Å². The Labute approximate surface area is 83.5 Å². The van der Waals surface area contributed by atoms with Crippen LogP contribution in [0.15, 0.2) is 4.52 Å². The highest BCUT2D eigenvalue weighted by Gasteiger charge is 2.22. The highest BCUT2D eigenvalue weighted by atomic mass is 35.5. The summed E-state index contributed by atoms with van der Waals surface area (Å²) in [5, 5.41) is 7.14. The Kier molecular flexibility index (Phi) is 3.69. The second-order valence-electron chi connectivity index (χ2n) is 3.09. The molecule has 0 saturated carbocycles. The highest BCUT2D eigenvalue weighted by Crippen LogP contribution is 2.19. The molecule has 1 N–H and O–H groups in total. The highest BCUT2D eigenvalue weighted by molar-refractivity contribution is 5.85. The Morgan fingerprint density at radius 1 is 1.62 bits per heavy atom. The predicted octanol–water partition coefficient (Wildman–Crippen LogP) is 1.13. The molecule has 5 heteroatoms. The fourth-order valence-corrected chi connectivity index (χ4v) is 1.44. The van der Waals surface area contributed by atoms with Crippen LogP contribution in [0.2, 0.25) is 0 Å². The molecule has 0 unspecified atom stereocenters. The van der Waals surface area contributed by atoms with Gasteiger partial charge >= 0.3 is 0 Å². The van der Waals surface area contributed by atoms with Crippen molar-refractivity contribution in [3.63, 3.8) is 0 Å². The molecule has 1 fully saturated rings. The Morgan fingerprint density at radius 2 is 2.46 bits per heavy atom. The molecule has 74 valence electrons. The van der Waals surface area contributed by atoms with Crippen molar-refractivity contribution < 1.29 is 4.52 Å². The quantitative estimate of drug-likeness (QED) is 0.783. The maximum Gasteiger partial charge on any atom is 0.231 e. The van der Waals surface area contributed by atoms with Crippen molar-refractivity contribution in [3.8, 4) is 0 Å². The van der Waals surface area contributed by atoms with Gasteiger partial charge in [0.2, 0.25) is 5.89 Å². The first-order chi connectivity index (χ1) is 5.90. The number of nitrogens with zero attached hydrogens (tertiary/aromatic N) is 2. The number of aryl methyl sites for hydroxylation is 1. The van der Waals surface area contributed by atoms with Gasteiger partial charge in [-0.2, -0.15) is 4.98 Å². The standard InChI is InChI=1S/C8H13N3O.ClH/c1-2-7-10-8(12-11-7)6-3-4-9-5-6;/h6,9H,2-5H2,1H3;1H/t6-;/m1./s1. The topological polar surface area (TPSA) is 51.0 Å². The van der Waals surface area contributed by atoms with Gasteiger partial charge in [0.15, 0.2) is 5.82 Å². The van der Waals surface area contributed by atoms with E-state index in [1.807, 2.05) is 6.92 Å². The minimum atomic E-state index is 0. The van der Waals surface area contributed by atoms with E-state index in [9.17, 15) is 0 Å². The molecule has 1 aliphatic heterocycles. The van der Waals surface area contributed by atoms with Crippen molar-refractivity contribution in [2.45, 2.75) is 25.7 Å². The Hall–Kier alpha value is -0.610. The molecule has 0 aliphatic carbocycles. The SMILES string of the molecule is CCc1noc([C@@H]2CCNC2)n1.Cl. The van der Waals surface area contributed by atoms with Crippen LogP contribution in [0.1, 0.15) is 31.0 Å². The molecule has 2 heterocycles. The van der Waals surface area contributed by atoms with Gasteiger partial charge in [0.1, 0.15) is 0 Å². The van der Waals surface area contributed by atoms with E-state index in [2.05, 4.69) is 15.5 Å². The third-order valence-electron chi connectivity index (χ3n) is 2.21. The summed E-state index contributed by atoms with van der Waals surface area (Å²) in [6, 6.07) is 0. The lowest BCUT2D eigenvalue weighted by atomic mass is 10.1. The number of hydrogen-bond donors (Lipinski definition) is 1. The van der Waals surface area contributed by atoms with Gasteiger partial charge in [-0.15, -0.1) is 12.4 Å². The van der Waals surface area contributed by atoms with E-state index in [-0.39, 0.29) is 12.4 Å². The molecule has 1 aromatic rings. The van der Waals surface area contributed by atoms with Gasteiger partial charge in [-0.1, -0.05) is 12.1 Å². The molecule has 1 aliphatic rings. The lowest BCUT2D eigenvalue weighted by Crippen LogP contribution is -2.08. The van der Waals surface area contributed by atoms with Crippen molar-refractivity contribution in [3.05, 3.63) is 11.7 Å². The lowest BCUT2D eigenvalue weighted by molar-refractivity contribution is 0.355. The second kappa shape index (κ2) is 4.58. The molecule has 0 bridgehead atoms. The number of hydrogen-bond acceptors (Lipinski definition) is 4. The Morgan fingerprint density at radius 3 is 3.00 bits per heavy atom. The van der Waals surface area contributed by atoms with Crippen LogP contribution in [0.25, 0.3) is 0 Å². The monoisotopic (exact) mass is 203 g/mol. The minimum Gasteiger partial charge on any atom is -0.339 e. The van der Waals surface area contributed by atoms with Gasteiger partial charge in [0.05, 0.1) is 5.92 Å². The number of nitrogens with one attached hydrogen (secondary N) is 1. The zero-order chi connectivity index (χ0) is 8.39. The van der Waals surface area contributed by atoms with Crippen LogP contribution in [-0.2, 0) is 6.42 Å². The summed E-state index contributed by atoms with van der Waals surface area (Å²) in [6.45, 7) is 4.07. The normalized spacial score (nSPS) is 21.5. The smallest absolute Gasteiger partial charge is 0.231 e. The van der Waals surface area contributed by atoms with Gasteiger partial charge < -0.3 is 9.84 Å². The Balaban J connectivity index is 0.000000845. The first-order valence-electron chi connectivity index (χ1n) is 4.43. The molecule has 13 heavy (non-hydrogen) atoms. The predicted molar refractivity (Wildman–Crippen MR) is 51.2 cm³/mol. The fourth-order valence-electron chi connectivity index (χ4n) is 1.44. The van der Waals surface area contributed by atoms with Gasteiger partial charge in [0, 0.05) is 13.0 Å². The van der Waals surface area contributed by atoms with Crippen LogP contribution in [0, 0.1) is 0 Å². The summed E-state index contributed by atoms with van der Waals surface area (Å²) in [5.41, 5.74) is 0. The van der Waals surface area contributed by atoms with Crippen LogP contribution in [-0.4, -0.2) is 23.2 Å². The molecule has 0 radical (unpaired) electrons. The summed E-state index contributed by atoms with van der Waals surface area (Å²) < 4.78 is 5.14. The molecule has 1 aromatic heterocycles. The minimum absolute atomic E-state index is 0.